The lowest BCUT2D eigenvalue weighted by Crippen LogP contribution is -2.07. The first kappa shape index (κ1) is 15.2. The van der Waals surface area contributed by atoms with Gasteiger partial charge in [-0.2, -0.15) is 0 Å². The molecule has 0 spiro atoms. The van der Waals surface area contributed by atoms with Crippen LogP contribution >= 0.6 is 0 Å². The van der Waals surface area contributed by atoms with Gasteiger partial charge < -0.3 is 10.1 Å². The van der Waals surface area contributed by atoms with Gasteiger partial charge in [-0.05, 0) is 31.0 Å². The number of hydrogen-bond acceptors (Lipinski definition) is 4. The molecule has 2 aromatic rings. The summed E-state index contributed by atoms with van der Waals surface area (Å²) in [6, 6.07) is 4.87. The van der Waals surface area contributed by atoms with Gasteiger partial charge in [0, 0.05) is 17.7 Å². The van der Waals surface area contributed by atoms with Gasteiger partial charge in [0.2, 0.25) is 0 Å². The van der Waals surface area contributed by atoms with E-state index in [1.54, 1.807) is 6.07 Å². The summed E-state index contributed by atoms with van der Waals surface area (Å²) in [6.07, 6.45) is 1.50. The van der Waals surface area contributed by atoms with Gasteiger partial charge in [0.05, 0.1) is 12.8 Å². The number of halogens is 1. The third-order valence-corrected chi connectivity index (χ3v) is 3.23. The highest BCUT2D eigenvalue weighted by atomic mass is 19.1. The van der Waals surface area contributed by atoms with Crippen LogP contribution in [-0.2, 0) is 0 Å². The number of rotatable bonds is 5. The summed E-state index contributed by atoms with van der Waals surface area (Å²) in [4.78, 5) is 8.64. The molecule has 0 bridgehead atoms. The zero-order valence-electron chi connectivity index (χ0n) is 12.8. The Kier molecular flexibility index (Phi) is 4.73. The molecule has 0 aliphatic heterocycles. The Labute approximate surface area is 124 Å². The lowest BCUT2D eigenvalue weighted by Gasteiger charge is -2.17. The Bertz CT molecular complexity index is 629. The molecule has 0 unspecified atom stereocenters. The van der Waals surface area contributed by atoms with Gasteiger partial charge in [-0.1, -0.05) is 13.8 Å². The second kappa shape index (κ2) is 6.52. The maximum absolute atomic E-state index is 13.9. The van der Waals surface area contributed by atoms with Gasteiger partial charge in [-0.3, -0.25) is 0 Å². The van der Waals surface area contributed by atoms with Crippen molar-refractivity contribution in [3.05, 3.63) is 35.9 Å². The molecule has 0 radical (unpaired) electrons. The number of hydrogen-bond donors (Lipinski definition) is 1. The van der Waals surface area contributed by atoms with E-state index in [4.69, 9.17) is 4.74 Å². The minimum atomic E-state index is -0.395. The summed E-state index contributed by atoms with van der Waals surface area (Å²) in [6.45, 7) is 6.93. The SMILES string of the molecule is CCNc1ncnc(-c2ccc(OC)c(F)c2)c1C(C)C. The maximum atomic E-state index is 13.9. The molecule has 0 amide bonds. The Morgan fingerprint density at radius 1 is 1.29 bits per heavy atom. The minimum Gasteiger partial charge on any atom is -0.494 e. The molecule has 1 heterocycles. The third kappa shape index (κ3) is 3.12. The molecule has 1 aromatic heterocycles. The van der Waals surface area contributed by atoms with E-state index in [1.165, 1.54) is 19.5 Å². The Balaban J connectivity index is 2.57. The largest absolute Gasteiger partial charge is 0.494 e. The van der Waals surface area contributed by atoms with Crippen LogP contribution < -0.4 is 10.1 Å². The topological polar surface area (TPSA) is 47.0 Å². The van der Waals surface area contributed by atoms with E-state index in [1.807, 2.05) is 13.0 Å². The molecule has 21 heavy (non-hydrogen) atoms. The van der Waals surface area contributed by atoms with Gasteiger partial charge in [0.1, 0.15) is 12.1 Å². The number of aromatic nitrogens is 2. The molecule has 2 rings (SSSR count). The molecule has 1 N–H and O–H groups in total. The van der Waals surface area contributed by atoms with Crippen molar-refractivity contribution in [2.45, 2.75) is 26.7 Å². The van der Waals surface area contributed by atoms with Crippen molar-refractivity contribution in [3.63, 3.8) is 0 Å². The maximum Gasteiger partial charge on any atom is 0.165 e. The predicted molar refractivity (Wildman–Crippen MR) is 82.2 cm³/mol. The summed E-state index contributed by atoms with van der Waals surface area (Å²) in [7, 11) is 1.45. The second-order valence-corrected chi connectivity index (χ2v) is 5.02. The number of nitrogens with zero attached hydrogens (tertiary/aromatic N) is 2. The van der Waals surface area contributed by atoms with Gasteiger partial charge in [-0.15, -0.1) is 0 Å². The summed E-state index contributed by atoms with van der Waals surface area (Å²) >= 11 is 0. The quantitative estimate of drug-likeness (QED) is 0.908. The molecule has 112 valence electrons. The molecule has 0 saturated carbocycles. The zero-order chi connectivity index (χ0) is 15.4. The Morgan fingerprint density at radius 2 is 2.05 bits per heavy atom. The highest BCUT2D eigenvalue weighted by Gasteiger charge is 2.17. The summed E-state index contributed by atoms with van der Waals surface area (Å²) in [5.41, 5.74) is 2.46. The molecular weight excluding hydrogens is 269 g/mol. The van der Waals surface area contributed by atoms with Crippen molar-refractivity contribution in [2.75, 3.05) is 19.0 Å². The van der Waals surface area contributed by atoms with E-state index in [0.29, 0.717) is 0 Å². The monoisotopic (exact) mass is 289 g/mol. The van der Waals surface area contributed by atoms with Crippen LogP contribution in [0, 0.1) is 5.82 Å². The minimum absolute atomic E-state index is 0.223. The van der Waals surface area contributed by atoms with Gasteiger partial charge in [-0.25, -0.2) is 14.4 Å². The Morgan fingerprint density at radius 3 is 2.62 bits per heavy atom. The van der Waals surface area contributed by atoms with Crippen LogP contribution in [0.25, 0.3) is 11.3 Å². The fourth-order valence-electron chi connectivity index (χ4n) is 2.29. The second-order valence-electron chi connectivity index (χ2n) is 5.02. The molecule has 5 heteroatoms. The van der Waals surface area contributed by atoms with Crippen molar-refractivity contribution in [1.82, 2.24) is 9.97 Å². The van der Waals surface area contributed by atoms with Gasteiger partial charge in [0.15, 0.2) is 11.6 Å². The average molecular weight is 289 g/mol. The van der Waals surface area contributed by atoms with Crippen molar-refractivity contribution in [1.29, 1.82) is 0 Å². The lowest BCUT2D eigenvalue weighted by atomic mass is 9.97. The molecule has 0 fully saturated rings. The summed E-state index contributed by atoms with van der Waals surface area (Å²) in [5.74, 6) is 0.855. The predicted octanol–water partition coefficient (Wildman–Crippen LogP) is 3.85. The highest BCUT2D eigenvalue weighted by Crippen LogP contribution is 2.33. The van der Waals surface area contributed by atoms with E-state index in [0.717, 1.165) is 29.2 Å². The smallest absolute Gasteiger partial charge is 0.165 e. The number of benzene rings is 1. The lowest BCUT2D eigenvalue weighted by molar-refractivity contribution is 0.386. The van der Waals surface area contributed by atoms with Crippen molar-refractivity contribution >= 4 is 5.82 Å². The highest BCUT2D eigenvalue weighted by molar-refractivity contribution is 5.69. The van der Waals surface area contributed by atoms with E-state index >= 15 is 0 Å². The van der Waals surface area contributed by atoms with Gasteiger partial charge >= 0.3 is 0 Å². The first-order valence-electron chi connectivity index (χ1n) is 7.01. The first-order chi connectivity index (χ1) is 10.1. The number of ether oxygens (including phenoxy) is 1. The van der Waals surface area contributed by atoms with Crippen LogP contribution in [0.1, 0.15) is 32.3 Å². The third-order valence-electron chi connectivity index (χ3n) is 3.23. The average Bonchev–Trinajstić information content (AvgIpc) is 2.47. The van der Waals surface area contributed by atoms with Gasteiger partial charge in [0.25, 0.3) is 0 Å². The van der Waals surface area contributed by atoms with Crippen molar-refractivity contribution in [2.24, 2.45) is 0 Å². The van der Waals surface area contributed by atoms with Crippen LogP contribution in [0.5, 0.6) is 5.75 Å². The Hall–Kier alpha value is -2.17. The first-order valence-corrected chi connectivity index (χ1v) is 7.01. The molecular formula is C16H20FN3O. The van der Waals surface area contributed by atoms with E-state index in [-0.39, 0.29) is 11.7 Å². The fraction of sp³-hybridized carbons (Fsp3) is 0.375. The van der Waals surface area contributed by atoms with Crippen molar-refractivity contribution < 1.29 is 9.13 Å². The molecule has 0 aliphatic carbocycles. The van der Waals surface area contributed by atoms with Crippen LogP contribution in [0.4, 0.5) is 10.2 Å². The van der Waals surface area contributed by atoms with Crippen LogP contribution in [0.3, 0.4) is 0 Å². The zero-order valence-corrected chi connectivity index (χ0v) is 12.8. The summed E-state index contributed by atoms with van der Waals surface area (Å²) < 4.78 is 18.9. The normalized spacial score (nSPS) is 10.8. The van der Waals surface area contributed by atoms with Crippen LogP contribution in [0.2, 0.25) is 0 Å². The number of nitrogens with one attached hydrogen (secondary N) is 1. The molecule has 0 saturated heterocycles. The summed E-state index contributed by atoms with van der Waals surface area (Å²) in [5, 5.41) is 3.24. The van der Waals surface area contributed by atoms with E-state index < -0.39 is 5.82 Å². The molecule has 0 atom stereocenters. The van der Waals surface area contributed by atoms with E-state index in [2.05, 4.69) is 29.1 Å². The van der Waals surface area contributed by atoms with Crippen molar-refractivity contribution in [3.8, 4) is 17.0 Å². The molecule has 4 nitrogen and oxygen atoms in total. The number of methoxy groups -OCH3 is 1. The molecule has 0 aliphatic rings. The van der Waals surface area contributed by atoms with Crippen LogP contribution in [0.15, 0.2) is 24.5 Å². The molecule has 1 aromatic carbocycles. The fourth-order valence-corrected chi connectivity index (χ4v) is 2.29. The number of anilines is 1. The van der Waals surface area contributed by atoms with Crippen LogP contribution in [-0.4, -0.2) is 23.6 Å². The standard InChI is InChI=1S/C16H20FN3O/c1-5-18-16-14(10(2)3)15(19-9-20-16)11-6-7-13(21-4)12(17)8-11/h6-10H,5H2,1-4H3,(H,18,19,20). The van der Waals surface area contributed by atoms with E-state index in [9.17, 15) is 4.39 Å².